The standard InChI is InChI=1S/C61H42N2/c1-3-15-41(16-4-1)42-27-32-46(33-28-42)62(47-34-29-43(30-35-47)44-31-38-60-54(39-44)53-22-10-14-26-59(53)63(60)45-17-5-2-6-18-45)48-36-37-52-51-21-9-13-25-57(51)61(58(52)40-48)55-23-11-7-19-49(55)50-20-8-12-24-56(50)61/h1-40,49,55H. The van der Waals surface area contributed by atoms with Crippen molar-refractivity contribution < 1.29 is 0 Å². The smallest absolute Gasteiger partial charge is 0.0541 e. The molecule has 0 saturated heterocycles. The molecule has 3 atom stereocenters. The summed E-state index contributed by atoms with van der Waals surface area (Å²) in [6.07, 6.45) is 9.39. The fourth-order valence-electron chi connectivity index (χ4n) is 11.4. The molecule has 9 aromatic carbocycles. The monoisotopic (exact) mass is 802 g/mol. The molecule has 0 amide bonds. The van der Waals surface area contributed by atoms with Gasteiger partial charge < -0.3 is 9.47 Å². The number of benzene rings is 9. The molecule has 0 bridgehead atoms. The van der Waals surface area contributed by atoms with E-state index in [1.165, 1.54) is 83.1 Å². The normalized spacial score (nSPS) is 17.8. The third-order valence-electron chi connectivity index (χ3n) is 14.1. The predicted octanol–water partition coefficient (Wildman–Crippen LogP) is 15.7. The van der Waals surface area contributed by atoms with E-state index in [9.17, 15) is 0 Å². The third-order valence-corrected chi connectivity index (χ3v) is 14.1. The Morgan fingerprint density at radius 1 is 0.381 bits per heavy atom. The van der Waals surface area contributed by atoms with Gasteiger partial charge in [0.25, 0.3) is 0 Å². The lowest BCUT2D eigenvalue weighted by atomic mass is 9.65. The Labute approximate surface area is 368 Å². The Kier molecular flexibility index (Phi) is 7.98. The van der Waals surface area contributed by atoms with E-state index in [0.29, 0.717) is 5.92 Å². The Morgan fingerprint density at radius 3 is 1.75 bits per heavy atom. The van der Waals surface area contributed by atoms with Crippen LogP contribution in [0, 0.1) is 5.92 Å². The zero-order valence-corrected chi connectivity index (χ0v) is 34.6. The summed E-state index contributed by atoms with van der Waals surface area (Å²) in [5.41, 5.74) is 19.8. The molecule has 0 saturated carbocycles. The van der Waals surface area contributed by atoms with E-state index < -0.39 is 0 Å². The summed E-state index contributed by atoms with van der Waals surface area (Å²) in [7, 11) is 0. The lowest BCUT2D eigenvalue weighted by Crippen LogP contribution is -2.33. The summed E-state index contributed by atoms with van der Waals surface area (Å²) < 4.78 is 2.38. The van der Waals surface area contributed by atoms with Crippen molar-refractivity contribution in [3.8, 4) is 39.1 Å². The lowest BCUT2D eigenvalue weighted by molar-refractivity contribution is 0.465. The Balaban J connectivity index is 0.961. The van der Waals surface area contributed by atoms with Crippen molar-refractivity contribution >= 4 is 38.9 Å². The minimum absolute atomic E-state index is 0.273. The Hall–Kier alpha value is -7.94. The van der Waals surface area contributed by atoms with Crippen molar-refractivity contribution in [1.82, 2.24) is 4.57 Å². The van der Waals surface area contributed by atoms with E-state index in [-0.39, 0.29) is 11.3 Å². The van der Waals surface area contributed by atoms with Crippen LogP contribution in [0.1, 0.15) is 28.2 Å². The van der Waals surface area contributed by atoms with Crippen LogP contribution in [0.5, 0.6) is 0 Å². The zero-order chi connectivity index (χ0) is 41.5. The number of allylic oxidation sites excluding steroid dienone is 4. The molecule has 63 heavy (non-hydrogen) atoms. The van der Waals surface area contributed by atoms with Crippen molar-refractivity contribution in [3.63, 3.8) is 0 Å². The van der Waals surface area contributed by atoms with Gasteiger partial charge in [0, 0.05) is 45.4 Å². The van der Waals surface area contributed by atoms with Gasteiger partial charge in [-0.05, 0) is 122 Å². The molecule has 2 nitrogen and oxygen atoms in total. The van der Waals surface area contributed by atoms with E-state index in [2.05, 4.69) is 252 Å². The van der Waals surface area contributed by atoms with E-state index in [1.54, 1.807) is 0 Å². The minimum atomic E-state index is -0.306. The average molecular weight is 803 g/mol. The van der Waals surface area contributed by atoms with Crippen molar-refractivity contribution in [3.05, 3.63) is 265 Å². The number of rotatable bonds is 6. The summed E-state index contributed by atoms with van der Waals surface area (Å²) in [5.74, 6) is 0.589. The first-order valence-electron chi connectivity index (χ1n) is 22.1. The summed E-state index contributed by atoms with van der Waals surface area (Å²) >= 11 is 0. The molecule has 1 aromatic heterocycles. The topological polar surface area (TPSA) is 8.17 Å². The molecule has 0 radical (unpaired) electrons. The number of hydrogen-bond donors (Lipinski definition) is 0. The third kappa shape index (κ3) is 5.31. The van der Waals surface area contributed by atoms with Gasteiger partial charge in [-0.15, -0.1) is 0 Å². The summed E-state index contributed by atoms with van der Waals surface area (Å²) in [5, 5.41) is 2.51. The number of aromatic nitrogens is 1. The van der Waals surface area contributed by atoms with Gasteiger partial charge in [-0.2, -0.15) is 0 Å². The highest BCUT2D eigenvalue weighted by Gasteiger charge is 2.57. The minimum Gasteiger partial charge on any atom is -0.310 e. The fourth-order valence-corrected chi connectivity index (χ4v) is 11.4. The van der Waals surface area contributed by atoms with E-state index in [4.69, 9.17) is 0 Å². The molecular weight excluding hydrogens is 761 g/mol. The average Bonchev–Trinajstić information content (AvgIpc) is 3.96. The van der Waals surface area contributed by atoms with Crippen molar-refractivity contribution in [2.75, 3.05) is 4.90 Å². The number of fused-ring (bicyclic) bond motifs is 13. The number of nitrogens with zero attached hydrogens (tertiary/aromatic N) is 2. The molecule has 3 aliphatic rings. The molecule has 0 fully saturated rings. The SMILES string of the molecule is C1=CC2c3ccccc3C3(c4ccccc4-c4ccc(N(c5ccc(-c6ccccc6)cc5)c5ccc(-c6ccc7c(c6)c6ccccc6n7-c6ccccc6)cc5)cc43)C2C=C1. The van der Waals surface area contributed by atoms with Gasteiger partial charge >= 0.3 is 0 Å². The van der Waals surface area contributed by atoms with Crippen LogP contribution in [0.4, 0.5) is 17.1 Å². The van der Waals surface area contributed by atoms with Crippen LogP contribution in [0.25, 0.3) is 60.9 Å². The molecule has 3 unspecified atom stereocenters. The van der Waals surface area contributed by atoms with Crippen LogP contribution >= 0.6 is 0 Å². The van der Waals surface area contributed by atoms with Crippen molar-refractivity contribution in [2.24, 2.45) is 5.92 Å². The highest BCUT2D eigenvalue weighted by Crippen LogP contribution is 2.65. The quantitative estimate of drug-likeness (QED) is 0.163. The maximum atomic E-state index is 2.51. The lowest BCUT2D eigenvalue weighted by Gasteiger charge is -2.36. The molecule has 0 N–H and O–H groups in total. The van der Waals surface area contributed by atoms with Crippen LogP contribution in [-0.2, 0) is 5.41 Å². The number of anilines is 3. The maximum absolute atomic E-state index is 2.51. The largest absolute Gasteiger partial charge is 0.310 e. The van der Waals surface area contributed by atoms with Gasteiger partial charge in [-0.1, -0.05) is 176 Å². The first kappa shape index (κ1) is 35.8. The number of para-hydroxylation sites is 2. The zero-order valence-electron chi connectivity index (χ0n) is 34.6. The molecular formula is C61H42N2. The summed E-state index contributed by atoms with van der Waals surface area (Å²) in [6.45, 7) is 0. The second-order valence-corrected chi connectivity index (χ2v) is 17.2. The van der Waals surface area contributed by atoms with Crippen molar-refractivity contribution in [1.29, 1.82) is 0 Å². The molecule has 2 heteroatoms. The maximum Gasteiger partial charge on any atom is 0.0541 e. The molecule has 0 aliphatic heterocycles. The van der Waals surface area contributed by atoms with Gasteiger partial charge in [0.1, 0.15) is 0 Å². The van der Waals surface area contributed by atoms with Crippen LogP contribution < -0.4 is 4.90 Å². The second kappa shape index (κ2) is 14.1. The highest BCUT2D eigenvalue weighted by atomic mass is 15.1. The Morgan fingerprint density at radius 2 is 0.952 bits per heavy atom. The molecule has 10 aromatic rings. The fraction of sp³-hybridized carbons (Fsp3) is 0.0492. The molecule has 13 rings (SSSR count). The summed E-state index contributed by atoms with van der Waals surface area (Å²) in [4.78, 5) is 2.45. The molecule has 1 spiro atoms. The van der Waals surface area contributed by atoms with E-state index >= 15 is 0 Å². The second-order valence-electron chi connectivity index (χ2n) is 17.2. The van der Waals surface area contributed by atoms with Crippen molar-refractivity contribution in [2.45, 2.75) is 11.3 Å². The van der Waals surface area contributed by atoms with Gasteiger partial charge in [-0.25, -0.2) is 0 Å². The van der Waals surface area contributed by atoms with Crippen LogP contribution in [0.15, 0.2) is 243 Å². The van der Waals surface area contributed by atoms with E-state index in [1.807, 2.05) is 0 Å². The number of hydrogen-bond acceptors (Lipinski definition) is 1. The van der Waals surface area contributed by atoms with Gasteiger partial charge in [-0.3, -0.25) is 0 Å². The first-order chi connectivity index (χ1) is 31.3. The molecule has 3 aliphatic carbocycles. The molecule has 1 heterocycles. The van der Waals surface area contributed by atoms with Crippen LogP contribution in [-0.4, -0.2) is 4.57 Å². The van der Waals surface area contributed by atoms with Gasteiger partial charge in [0.15, 0.2) is 0 Å². The molecule has 296 valence electrons. The van der Waals surface area contributed by atoms with Gasteiger partial charge in [0.2, 0.25) is 0 Å². The summed E-state index contributed by atoms with van der Waals surface area (Å²) in [6, 6.07) is 80.8. The Bertz CT molecular complexity index is 3450. The highest BCUT2D eigenvalue weighted by molar-refractivity contribution is 6.10. The predicted molar refractivity (Wildman–Crippen MR) is 263 cm³/mol. The van der Waals surface area contributed by atoms with E-state index in [0.717, 1.165) is 17.1 Å². The van der Waals surface area contributed by atoms with Crippen LogP contribution in [0.3, 0.4) is 0 Å². The van der Waals surface area contributed by atoms with Crippen LogP contribution in [0.2, 0.25) is 0 Å². The van der Waals surface area contributed by atoms with Gasteiger partial charge in [0.05, 0.1) is 16.4 Å². The first-order valence-corrected chi connectivity index (χ1v) is 22.1.